The van der Waals surface area contributed by atoms with Crippen molar-refractivity contribution in [2.24, 2.45) is 0 Å². The Bertz CT molecular complexity index is 1150. The number of aliphatic hydroxyl groups excluding tert-OH is 1. The van der Waals surface area contributed by atoms with E-state index in [1.807, 2.05) is 30.3 Å². The van der Waals surface area contributed by atoms with Gasteiger partial charge in [0.2, 0.25) is 11.8 Å². The number of nitrogens with zero attached hydrogens (tertiary/aromatic N) is 4. The minimum atomic E-state index is 0.232. The van der Waals surface area contributed by atoms with Gasteiger partial charge >= 0.3 is 0 Å². The molecule has 0 amide bonds. The minimum absolute atomic E-state index is 0.232. The van der Waals surface area contributed by atoms with E-state index in [4.69, 9.17) is 24.8 Å². The highest BCUT2D eigenvalue weighted by Crippen LogP contribution is 2.25. The first-order valence-corrected chi connectivity index (χ1v) is 11.6. The maximum absolute atomic E-state index is 8.96. The monoisotopic (exact) mass is 449 g/mol. The van der Waals surface area contributed by atoms with Crippen molar-refractivity contribution in [3.8, 4) is 5.88 Å². The normalized spacial score (nSPS) is 11.1. The van der Waals surface area contributed by atoms with Gasteiger partial charge in [0.1, 0.15) is 15.4 Å². The van der Waals surface area contributed by atoms with Gasteiger partial charge in [-0.2, -0.15) is 0 Å². The Labute approximate surface area is 191 Å². The Morgan fingerprint density at radius 3 is 2.50 bits per heavy atom. The van der Waals surface area contributed by atoms with Gasteiger partial charge in [-0.25, -0.2) is 19.9 Å². The van der Waals surface area contributed by atoms with Crippen molar-refractivity contribution in [1.82, 2.24) is 19.9 Å². The van der Waals surface area contributed by atoms with Gasteiger partial charge in [-0.05, 0) is 37.0 Å². The lowest BCUT2D eigenvalue weighted by molar-refractivity contribution is 0.283. The molecule has 7 nitrogen and oxygen atoms in total. The zero-order valence-electron chi connectivity index (χ0n) is 18.1. The summed E-state index contributed by atoms with van der Waals surface area (Å²) in [5.41, 5.74) is 3.98. The molecule has 1 aromatic carbocycles. The maximum atomic E-state index is 8.96. The van der Waals surface area contributed by atoms with E-state index in [2.05, 4.69) is 28.5 Å². The van der Waals surface area contributed by atoms with Gasteiger partial charge in [0.15, 0.2) is 0 Å². The van der Waals surface area contributed by atoms with Crippen LogP contribution in [0.4, 0.5) is 5.95 Å². The topological polar surface area (TPSA) is 93.1 Å². The SMILES string of the molecule is COc1ccc2nc(Cc3cc(Cc4ccccc4)nc(NCCCCCO)n3)sc2n1. The fourth-order valence-corrected chi connectivity index (χ4v) is 4.36. The van der Waals surface area contributed by atoms with Crippen molar-refractivity contribution in [2.75, 3.05) is 25.6 Å². The number of rotatable bonds is 11. The summed E-state index contributed by atoms with van der Waals surface area (Å²) in [4.78, 5) is 19.5. The second-order valence-electron chi connectivity index (χ2n) is 7.51. The van der Waals surface area contributed by atoms with Gasteiger partial charge in [0.05, 0.1) is 18.5 Å². The van der Waals surface area contributed by atoms with Crippen LogP contribution in [0.15, 0.2) is 48.5 Å². The lowest BCUT2D eigenvalue weighted by atomic mass is 10.1. The first-order valence-electron chi connectivity index (χ1n) is 10.8. The summed E-state index contributed by atoms with van der Waals surface area (Å²) < 4.78 is 5.22. The summed E-state index contributed by atoms with van der Waals surface area (Å²) in [7, 11) is 1.61. The predicted molar refractivity (Wildman–Crippen MR) is 127 cm³/mol. The van der Waals surface area contributed by atoms with E-state index in [0.29, 0.717) is 18.2 Å². The molecule has 0 fully saturated rings. The van der Waals surface area contributed by atoms with Gasteiger partial charge < -0.3 is 15.2 Å². The number of methoxy groups -OCH3 is 1. The van der Waals surface area contributed by atoms with Crippen LogP contribution in [0.3, 0.4) is 0 Å². The molecule has 3 heterocycles. The number of unbranched alkanes of at least 4 members (excludes halogenated alkanes) is 2. The van der Waals surface area contributed by atoms with Crippen LogP contribution in [0.1, 0.15) is 41.2 Å². The van der Waals surface area contributed by atoms with Crippen LogP contribution in [0.2, 0.25) is 0 Å². The Hall–Kier alpha value is -3.10. The number of ether oxygens (including phenoxy) is 1. The van der Waals surface area contributed by atoms with Crippen LogP contribution < -0.4 is 10.1 Å². The molecule has 3 aromatic heterocycles. The van der Waals surface area contributed by atoms with Gasteiger partial charge in [-0.1, -0.05) is 41.7 Å². The summed E-state index contributed by atoms with van der Waals surface area (Å²) >= 11 is 1.56. The number of benzene rings is 1. The third-order valence-electron chi connectivity index (χ3n) is 4.99. The molecule has 0 bridgehead atoms. The molecule has 0 atom stereocenters. The summed E-state index contributed by atoms with van der Waals surface area (Å²) in [6.07, 6.45) is 4.12. The molecule has 0 aliphatic carbocycles. The van der Waals surface area contributed by atoms with Crippen molar-refractivity contribution < 1.29 is 9.84 Å². The number of aromatic nitrogens is 4. The van der Waals surface area contributed by atoms with Crippen LogP contribution in [0, 0.1) is 0 Å². The number of nitrogens with one attached hydrogen (secondary N) is 1. The molecule has 0 spiro atoms. The van der Waals surface area contributed by atoms with E-state index in [1.54, 1.807) is 18.4 Å². The quantitative estimate of drug-likeness (QED) is 0.331. The molecule has 0 saturated carbocycles. The minimum Gasteiger partial charge on any atom is -0.481 e. The second kappa shape index (κ2) is 11.0. The molecule has 166 valence electrons. The highest BCUT2D eigenvalue weighted by Gasteiger charge is 2.11. The Kier molecular flexibility index (Phi) is 7.58. The van der Waals surface area contributed by atoms with Crippen molar-refractivity contribution in [3.63, 3.8) is 0 Å². The molecular formula is C24H27N5O2S. The average Bonchev–Trinajstić information content (AvgIpc) is 3.20. The van der Waals surface area contributed by atoms with Crippen LogP contribution in [0.25, 0.3) is 10.3 Å². The third-order valence-corrected chi connectivity index (χ3v) is 5.96. The van der Waals surface area contributed by atoms with Gasteiger partial charge in [0, 0.05) is 32.1 Å². The Morgan fingerprint density at radius 2 is 1.72 bits per heavy atom. The average molecular weight is 450 g/mol. The number of thiazole rings is 1. The largest absolute Gasteiger partial charge is 0.481 e. The molecule has 2 N–H and O–H groups in total. The van der Waals surface area contributed by atoms with E-state index in [-0.39, 0.29) is 6.61 Å². The van der Waals surface area contributed by atoms with Crippen molar-refractivity contribution in [1.29, 1.82) is 0 Å². The van der Waals surface area contributed by atoms with Gasteiger partial charge in [-0.3, -0.25) is 0 Å². The first-order chi connectivity index (χ1) is 15.7. The van der Waals surface area contributed by atoms with Crippen molar-refractivity contribution in [3.05, 3.63) is 70.5 Å². The fraction of sp³-hybridized carbons (Fsp3) is 0.333. The zero-order valence-corrected chi connectivity index (χ0v) is 18.9. The van der Waals surface area contributed by atoms with Crippen LogP contribution in [-0.2, 0) is 12.8 Å². The van der Waals surface area contributed by atoms with Crippen LogP contribution in [-0.4, -0.2) is 45.3 Å². The smallest absolute Gasteiger partial charge is 0.223 e. The number of hydrogen-bond acceptors (Lipinski definition) is 8. The number of pyridine rings is 1. The second-order valence-corrected chi connectivity index (χ2v) is 8.57. The molecule has 0 aliphatic heterocycles. The maximum Gasteiger partial charge on any atom is 0.223 e. The summed E-state index contributed by atoms with van der Waals surface area (Å²) in [6, 6.07) is 16.1. The van der Waals surface area contributed by atoms with Gasteiger partial charge in [-0.15, -0.1) is 0 Å². The van der Waals surface area contributed by atoms with E-state index >= 15 is 0 Å². The van der Waals surface area contributed by atoms with Gasteiger partial charge in [0.25, 0.3) is 0 Å². The first kappa shape index (κ1) is 22.1. The molecular weight excluding hydrogens is 422 g/mol. The zero-order chi connectivity index (χ0) is 22.2. The molecule has 4 aromatic rings. The van der Waals surface area contributed by atoms with Crippen LogP contribution in [0.5, 0.6) is 5.88 Å². The van der Waals surface area contributed by atoms with Crippen molar-refractivity contribution >= 4 is 27.6 Å². The number of aliphatic hydroxyl groups is 1. The molecule has 32 heavy (non-hydrogen) atoms. The lowest BCUT2D eigenvalue weighted by Crippen LogP contribution is -2.09. The standard InChI is InChI=1S/C24H27N5O2S/c1-31-21-11-10-20-23(29-21)32-22(28-20)16-19-15-18(14-17-8-4-2-5-9-17)26-24(27-19)25-12-6-3-7-13-30/h2,4-5,8-11,15,30H,3,6-7,12-14,16H2,1H3,(H,25,26,27). The summed E-state index contributed by atoms with van der Waals surface area (Å²) in [5.74, 6) is 1.23. The predicted octanol–water partition coefficient (Wildman–Crippen LogP) is 4.25. The molecule has 0 aliphatic rings. The molecule has 0 radical (unpaired) electrons. The van der Waals surface area contributed by atoms with E-state index in [9.17, 15) is 0 Å². The highest BCUT2D eigenvalue weighted by atomic mass is 32.1. The fourth-order valence-electron chi connectivity index (χ4n) is 3.42. The van der Waals surface area contributed by atoms with E-state index in [1.165, 1.54) is 5.56 Å². The molecule has 4 rings (SSSR count). The Morgan fingerprint density at radius 1 is 0.906 bits per heavy atom. The third kappa shape index (κ3) is 5.99. The molecule has 0 saturated heterocycles. The number of fused-ring (bicyclic) bond motifs is 1. The molecule has 0 unspecified atom stereocenters. The summed E-state index contributed by atoms with van der Waals surface area (Å²) in [5, 5.41) is 13.3. The van der Waals surface area contributed by atoms with Crippen LogP contribution >= 0.6 is 11.3 Å². The number of anilines is 1. The summed E-state index contributed by atoms with van der Waals surface area (Å²) in [6.45, 7) is 1.01. The highest BCUT2D eigenvalue weighted by molar-refractivity contribution is 7.18. The number of hydrogen-bond donors (Lipinski definition) is 2. The lowest BCUT2D eigenvalue weighted by Gasteiger charge is -2.10. The molecule has 8 heteroatoms. The van der Waals surface area contributed by atoms with E-state index in [0.717, 1.165) is 59.0 Å². The van der Waals surface area contributed by atoms with Crippen molar-refractivity contribution in [2.45, 2.75) is 32.1 Å². The van der Waals surface area contributed by atoms with E-state index < -0.39 is 0 Å². The Balaban J connectivity index is 1.55.